The Morgan fingerprint density at radius 3 is 2.47 bits per heavy atom. The summed E-state index contributed by atoms with van der Waals surface area (Å²) in [5.41, 5.74) is 3.85. The third-order valence-corrected chi connectivity index (χ3v) is 4.53. The number of halogens is 1. The van der Waals surface area contributed by atoms with Gasteiger partial charge in [0.2, 0.25) is 0 Å². The largest absolute Gasteiger partial charge is 0.357 e. The summed E-state index contributed by atoms with van der Waals surface area (Å²) in [4.78, 5) is 22.7. The number of nitrogens with one attached hydrogen (secondary N) is 2. The summed E-state index contributed by atoms with van der Waals surface area (Å²) in [7, 11) is 3.50. The molecule has 158 valence electrons. The zero-order valence-electron chi connectivity index (χ0n) is 17.6. The molecule has 0 unspecified atom stereocenters. The van der Waals surface area contributed by atoms with Crippen LogP contribution in [-0.4, -0.2) is 42.4 Å². The molecule has 0 aliphatic rings. The van der Waals surface area contributed by atoms with Crippen LogP contribution in [0.3, 0.4) is 0 Å². The Morgan fingerprint density at radius 2 is 1.77 bits per heavy atom. The minimum Gasteiger partial charge on any atom is -0.357 e. The van der Waals surface area contributed by atoms with E-state index in [1.165, 1.54) is 0 Å². The van der Waals surface area contributed by atoms with Gasteiger partial charge in [-0.2, -0.15) is 0 Å². The average Bonchev–Trinajstić information content (AvgIpc) is 2.75. The van der Waals surface area contributed by atoms with Gasteiger partial charge in [-0.15, -0.1) is 24.0 Å². The first-order valence-electron chi connectivity index (χ1n) is 9.74. The highest BCUT2D eigenvalue weighted by molar-refractivity contribution is 14.0. The number of pyridine rings is 1. The summed E-state index contributed by atoms with van der Waals surface area (Å²) in [6.45, 7) is 3.98. The van der Waals surface area contributed by atoms with Gasteiger partial charge in [-0.25, -0.2) is 4.99 Å². The maximum Gasteiger partial charge on any atom is 0.253 e. The maximum absolute atomic E-state index is 12.0. The lowest BCUT2D eigenvalue weighted by molar-refractivity contribution is 0.0827. The summed E-state index contributed by atoms with van der Waals surface area (Å²) in [5, 5.41) is 7.78. The zero-order chi connectivity index (χ0) is 20.6. The Kier molecular flexibility index (Phi) is 9.04. The molecule has 3 rings (SSSR count). The van der Waals surface area contributed by atoms with E-state index < -0.39 is 0 Å². The van der Waals surface area contributed by atoms with Gasteiger partial charge in [0, 0.05) is 44.3 Å². The van der Waals surface area contributed by atoms with E-state index in [-0.39, 0.29) is 29.9 Å². The van der Waals surface area contributed by atoms with E-state index in [0.717, 1.165) is 34.5 Å². The van der Waals surface area contributed by atoms with Crippen LogP contribution in [0.2, 0.25) is 0 Å². The molecule has 7 heteroatoms. The van der Waals surface area contributed by atoms with Crippen molar-refractivity contribution in [2.24, 2.45) is 4.99 Å². The molecule has 0 aliphatic heterocycles. The molecule has 2 N–H and O–H groups in total. The number of carbonyl (C=O) groups is 1. The molecule has 0 atom stereocenters. The lowest BCUT2D eigenvalue weighted by Crippen LogP contribution is -2.36. The molecule has 0 radical (unpaired) electrons. The molecule has 3 aromatic rings. The molecule has 6 nitrogen and oxygen atoms in total. The number of rotatable bonds is 6. The van der Waals surface area contributed by atoms with E-state index in [4.69, 9.17) is 0 Å². The first-order chi connectivity index (χ1) is 14.1. The van der Waals surface area contributed by atoms with Crippen LogP contribution in [-0.2, 0) is 13.1 Å². The topological polar surface area (TPSA) is 69.6 Å². The number of hydrogen-bond donors (Lipinski definition) is 2. The van der Waals surface area contributed by atoms with Crippen LogP contribution in [0, 0.1) is 0 Å². The van der Waals surface area contributed by atoms with Crippen molar-refractivity contribution in [3.63, 3.8) is 0 Å². The van der Waals surface area contributed by atoms with E-state index in [1.54, 1.807) is 19.0 Å². The quantitative estimate of drug-likeness (QED) is 0.297. The number of guanidine groups is 1. The second-order valence-electron chi connectivity index (χ2n) is 6.94. The molecule has 30 heavy (non-hydrogen) atoms. The van der Waals surface area contributed by atoms with Crippen LogP contribution in [0.4, 0.5) is 0 Å². The summed E-state index contributed by atoms with van der Waals surface area (Å²) in [6, 6.07) is 17.8. The van der Waals surface area contributed by atoms with Gasteiger partial charge in [-0.05, 0) is 36.2 Å². The van der Waals surface area contributed by atoms with Crippen LogP contribution in [0.5, 0.6) is 0 Å². The van der Waals surface area contributed by atoms with Gasteiger partial charge < -0.3 is 15.5 Å². The molecule has 2 aromatic carbocycles. The van der Waals surface area contributed by atoms with Crippen molar-refractivity contribution in [3.05, 3.63) is 77.5 Å². The molecule has 0 fully saturated rings. The highest BCUT2D eigenvalue weighted by Gasteiger charge is 2.07. The first-order valence-corrected chi connectivity index (χ1v) is 9.74. The zero-order valence-corrected chi connectivity index (χ0v) is 19.9. The third-order valence-electron chi connectivity index (χ3n) is 4.53. The van der Waals surface area contributed by atoms with Gasteiger partial charge in [0.1, 0.15) is 0 Å². The van der Waals surface area contributed by atoms with E-state index in [1.807, 2.05) is 49.5 Å². The monoisotopic (exact) mass is 517 g/mol. The molecule has 1 heterocycles. The Bertz CT molecular complexity index is 997. The van der Waals surface area contributed by atoms with E-state index >= 15 is 0 Å². The Balaban J connectivity index is 0.00000320. The second kappa shape index (κ2) is 11.5. The van der Waals surface area contributed by atoms with Crippen molar-refractivity contribution < 1.29 is 4.79 Å². The third kappa shape index (κ3) is 6.16. The van der Waals surface area contributed by atoms with Gasteiger partial charge in [0.15, 0.2) is 5.96 Å². The average molecular weight is 517 g/mol. The number of nitrogens with zero attached hydrogens (tertiary/aromatic N) is 3. The van der Waals surface area contributed by atoms with Crippen molar-refractivity contribution in [2.75, 3.05) is 20.6 Å². The summed E-state index contributed by atoms with van der Waals surface area (Å²) >= 11 is 0. The molecule has 1 aromatic heterocycles. The Labute approximate surface area is 194 Å². The van der Waals surface area contributed by atoms with Crippen molar-refractivity contribution in [2.45, 2.75) is 20.0 Å². The molecule has 0 bridgehead atoms. The highest BCUT2D eigenvalue weighted by Crippen LogP contribution is 2.15. The van der Waals surface area contributed by atoms with Crippen LogP contribution in [0.25, 0.3) is 10.9 Å². The van der Waals surface area contributed by atoms with E-state index in [9.17, 15) is 4.79 Å². The number of hydrogen-bond acceptors (Lipinski definition) is 3. The van der Waals surface area contributed by atoms with Crippen LogP contribution in [0.15, 0.2) is 65.8 Å². The fourth-order valence-electron chi connectivity index (χ4n) is 3.01. The van der Waals surface area contributed by atoms with Crippen molar-refractivity contribution >= 4 is 46.7 Å². The molecule has 0 saturated carbocycles. The minimum absolute atomic E-state index is 0. The summed E-state index contributed by atoms with van der Waals surface area (Å²) in [5.74, 6) is 0.743. The highest BCUT2D eigenvalue weighted by atomic mass is 127. The van der Waals surface area contributed by atoms with Crippen molar-refractivity contribution in [3.8, 4) is 0 Å². The Morgan fingerprint density at radius 1 is 1.03 bits per heavy atom. The number of amides is 1. The van der Waals surface area contributed by atoms with Crippen molar-refractivity contribution in [1.29, 1.82) is 0 Å². The normalized spacial score (nSPS) is 11.0. The van der Waals surface area contributed by atoms with E-state index in [2.05, 4.69) is 38.8 Å². The number of aromatic nitrogens is 1. The molecular weight excluding hydrogens is 489 g/mol. The number of benzene rings is 2. The van der Waals surface area contributed by atoms with Gasteiger partial charge in [-0.1, -0.05) is 36.4 Å². The minimum atomic E-state index is -0.00115. The van der Waals surface area contributed by atoms with Crippen LogP contribution < -0.4 is 10.6 Å². The Hall–Kier alpha value is -2.68. The van der Waals surface area contributed by atoms with Gasteiger partial charge in [-0.3, -0.25) is 9.78 Å². The molecule has 0 aliphatic carbocycles. The summed E-state index contributed by atoms with van der Waals surface area (Å²) in [6.07, 6.45) is 1.82. The molecule has 0 spiro atoms. The lowest BCUT2D eigenvalue weighted by atomic mass is 10.1. The lowest BCUT2D eigenvalue weighted by Gasteiger charge is -2.13. The SMILES string of the molecule is CCNC(=NCc1ccc(C(=O)N(C)C)cc1)NCc1cccc2cccnc12.I. The van der Waals surface area contributed by atoms with Gasteiger partial charge >= 0.3 is 0 Å². The number of carbonyl (C=O) groups excluding carboxylic acids is 1. The second-order valence-corrected chi connectivity index (χ2v) is 6.94. The number of para-hydroxylation sites is 1. The van der Waals surface area contributed by atoms with Crippen molar-refractivity contribution in [1.82, 2.24) is 20.5 Å². The molecular formula is C23H28IN5O. The fraction of sp³-hybridized carbons (Fsp3) is 0.261. The standard InChI is InChI=1S/C23H27N5O.HI/c1-4-24-23(26-15-17-10-12-19(13-11-17)22(29)28(2)3)27-16-20-8-5-7-18-9-6-14-25-21(18)20;/h5-14H,4,15-16H2,1-3H3,(H2,24,26,27);1H. The first kappa shape index (κ1) is 23.6. The van der Waals surface area contributed by atoms with E-state index in [0.29, 0.717) is 18.7 Å². The predicted molar refractivity (Wildman–Crippen MR) is 133 cm³/mol. The molecule has 1 amide bonds. The predicted octanol–water partition coefficient (Wildman–Crippen LogP) is 3.81. The number of aliphatic imine (C=N–C) groups is 1. The molecule has 0 saturated heterocycles. The van der Waals surface area contributed by atoms with Gasteiger partial charge in [0.25, 0.3) is 5.91 Å². The smallest absolute Gasteiger partial charge is 0.253 e. The summed E-state index contributed by atoms with van der Waals surface area (Å²) < 4.78 is 0. The maximum atomic E-state index is 12.0. The van der Waals surface area contributed by atoms with Gasteiger partial charge in [0.05, 0.1) is 12.1 Å². The number of fused-ring (bicyclic) bond motifs is 1. The van der Waals surface area contributed by atoms with Crippen LogP contribution >= 0.6 is 24.0 Å². The van der Waals surface area contributed by atoms with Crippen LogP contribution in [0.1, 0.15) is 28.4 Å². The fourth-order valence-corrected chi connectivity index (χ4v) is 3.01.